The molecule has 1 nitrogen and oxygen atoms in total. The minimum atomic E-state index is 0.236. The molecule has 0 atom stereocenters. The number of aliphatic hydroxyl groups is 1. The highest BCUT2D eigenvalue weighted by atomic mass is 16.3. The first kappa shape index (κ1) is 20.1. The van der Waals surface area contributed by atoms with Gasteiger partial charge in [-0.15, -0.1) is 0 Å². The molecule has 1 rings (SSSR count). The van der Waals surface area contributed by atoms with E-state index in [4.69, 9.17) is 0 Å². The molecule has 0 radical (unpaired) electrons. The van der Waals surface area contributed by atoms with Crippen LogP contribution in [0, 0.1) is 11.3 Å². The molecule has 1 N–H and O–H groups in total. The van der Waals surface area contributed by atoms with Crippen LogP contribution in [0.3, 0.4) is 0 Å². The van der Waals surface area contributed by atoms with Gasteiger partial charge >= 0.3 is 0 Å². The summed E-state index contributed by atoms with van der Waals surface area (Å²) in [5.74, 6) is 1.04. The van der Waals surface area contributed by atoms with Crippen LogP contribution < -0.4 is 0 Å². The van der Waals surface area contributed by atoms with Crippen molar-refractivity contribution in [1.29, 1.82) is 0 Å². The quantitative estimate of drug-likeness (QED) is 0.380. The highest BCUT2D eigenvalue weighted by molar-refractivity contribution is 5.46. The van der Waals surface area contributed by atoms with Crippen molar-refractivity contribution in [2.24, 2.45) is 11.3 Å². The maximum Gasteiger partial charge on any atom is 0.115 e. The molecule has 0 aliphatic heterocycles. The topological polar surface area (TPSA) is 20.2 Å². The zero-order chi connectivity index (χ0) is 17.6. The molecule has 132 valence electrons. The van der Waals surface area contributed by atoms with Crippen LogP contribution in [0.2, 0.25) is 0 Å². The molecule has 0 aromatic heterocycles. The van der Waals surface area contributed by atoms with Crippen molar-refractivity contribution in [2.45, 2.75) is 92.9 Å². The van der Waals surface area contributed by atoms with Gasteiger partial charge < -0.3 is 5.11 Å². The summed E-state index contributed by atoms with van der Waals surface area (Å²) in [5.41, 5.74) is 5.49. The smallest absolute Gasteiger partial charge is 0.115 e. The predicted molar refractivity (Wildman–Crippen MR) is 103 cm³/mol. The van der Waals surface area contributed by atoms with Crippen LogP contribution in [0.25, 0.3) is 0 Å². The third-order valence-electron chi connectivity index (χ3n) is 5.69. The lowest BCUT2D eigenvalue weighted by atomic mass is 9.71. The van der Waals surface area contributed by atoms with Gasteiger partial charge in [-0.25, -0.2) is 0 Å². The number of rotatable bonds is 7. The predicted octanol–water partition coefficient (Wildman–Crippen LogP) is 7.51. The highest BCUT2D eigenvalue weighted by Crippen LogP contribution is 2.41. The standard InChI is InChI=1S/C22H38O/c1-8-9-10-16(2)21(19(5)23)18(4)17(3)15-20-11-13-22(6,7)14-12-20/h20,23H,5,8-15H2,1-4,6-7H3/b18-17+,21-16-. The molecule has 1 heteroatoms. The van der Waals surface area contributed by atoms with Gasteiger partial charge in [-0.3, -0.25) is 0 Å². The van der Waals surface area contributed by atoms with Gasteiger partial charge in [-0.2, -0.15) is 0 Å². The van der Waals surface area contributed by atoms with Gasteiger partial charge in [0.2, 0.25) is 0 Å². The Kier molecular flexibility index (Phi) is 7.64. The average molecular weight is 319 g/mol. The SMILES string of the molecule is C=C(O)C(=C(/C)CCCC)/C(C)=C(\C)CC1CCC(C)(C)CC1. The summed E-state index contributed by atoms with van der Waals surface area (Å²) in [6.07, 6.45) is 9.93. The van der Waals surface area contributed by atoms with Gasteiger partial charge in [0, 0.05) is 5.57 Å². The number of unbranched alkanes of at least 4 members (excludes halogenated alkanes) is 1. The molecule has 0 amide bonds. The zero-order valence-corrected chi connectivity index (χ0v) is 16.4. The fourth-order valence-corrected chi connectivity index (χ4v) is 3.81. The molecule has 0 unspecified atom stereocenters. The van der Waals surface area contributed by atoms with Gasteiger partial charge in [0.15, 0.2) is 0 Å². The summed E-state index contributed by atoms with van der Waals surface area (Å²) in [7, 11) is 0. The molecular weight excluding hydrogens is 280 g/mol. The van der Waals surface area contributed by atoms with Crippen molar-refractivity contribution in [3.05, 3.63) is 34.6 Å². The fourth-order valence-electron chi connectivity index (χ4n) is 3.81. The van der Waals surface area contributed by atoms with E-state index in [1.54, 1.807) is 0 Å². The Balaban J connectivity index is 2.86. The third kappa shape index (κ3) is 6.20. The lowest BCUT2D eigenvalue weighted by Crippen LogP contribution is -2.21. The van der Waals surface area contributed by atoms with E-state index in [0.29, 0.717) is 5.41 Å². The third-order valence-corrected chi connectivity index (χ3v) is 5.69. The maximum atomic E-state index is 10.1. The summed E-state index contributed by atoms with van der Waals surface area (Å²) in [6.45, 7) is 17.4. The Bertz CT molecular complexity index is 466. The molecule has 0 spiro atoms. The number of hydrogen-bond donors (Lipinski definition) is 1. The Morgan fingerprint density at radius 3 is 2.13 bits per heavy atom. The average Bonchev–Trinajstić information content (AvgIpc) is 2.46. The molecule has 1 aliphatic rings. The number of aliphatic hydroxyl groups excluding tert-OH is 1. The lowest BCUT2D eigenvalue weighted by Gasteiger charge is -2.34. The second-order valence-electron chi connectivity index (χ2n) is 8.42. The van der Waals surface area contributed by atoms with E-state index in [1.165, 1.54) is 61.7 Å². The highest BCUT2D eigenvalue weighted by Gasteiger charge is 2.27. The minimum absolute atomic E-state index is 0.236. The van der Waals surface area contributed by atoms with Crippen LogP contribution in [-0.4, -0.2) is 5.11 Å². The lowest BCUT2D eigenvalue weighted by molar-refractivity contribution is 0.190. The molecule has 0 bridgehead atoms. The van der Waals surface area contributed by atoms with Gasteiger partial charge in [0.05, 0.1) is 0 Å². The van der Waals surface area contributed by atoms with Crippen molar-refractivity contribution in [3.63, 3.8) is 0 Å². The number of hydrogen-bond acceptors (Lipinski definition) is 1. The Hall–Kier alpha value is -0.980. The first-order valence-corrected chi connectivity index (χ1v) is 9.42. The van der Waals surface area contributed by atoms with Crippen LogP contribution in [0.4, 0.5) is 0 Å². The first-order valence-electron chi connectivity index (χ1n) is 9.42. The van der Waals surface area contributed by atoms with Gasteiger partial charge in [-0.05, 0) is 82.6 Å². The van der Waals surface area contributed by atoms with E-state index < -0.39 is 0 Å². The van der Waals surface area contributed by atoms with Crippen LogP contribution in [-0.2, 0) is 0 Å². The van der Waals surface area contributed by atoms with E-state index in [2.05, 4.69) is 48.1 Å². The van der Waals surface area contributed by atoms with Gasteiger partial charge in [0.25, 0.3) is 0 Å². The Morgan fingerprint density at radius 2 is 1.65 bits per heavy atom. The molecular formula is C22H38O. The van der Waals surface area contributed by atoms with Crippen molar-refractivity contribution in [2.75, 3.05) is 0 Å². The van der Waals surface area contributed by atoms with Crippen molar-refractivity contribution < 1.29 is 5.11 Å². The summed E-state index contributed by atoms with van der Waals surface area (Å²) >= 11 is 0. The molecule has 23 heavy (non-hydrogen) atoms. The van der Waals surface area contributed by atoms with Gasteiger partial charge in [0.1, 0.15) is 5.76 Å². The van der Waals surface area contributed by atoms with Crippen molar-refractivity contribution in [1.82, 2.24) is 0 Å². The molecule has 0 aromatic rings. The number of allylic oxidation sites excluding steroid dienone is 3. The van der Waals surface area contributed by atoms with Crippen molar-refractivity contribution in [3.8, 4) is 0 Å². The summed E-state index contributed by atoms with van der Waals surface area (Å²) < 4.78 is 0. The van der Waals surface area contributed by atoms with Crippen LogP contribution >= 0.6 is 0 Å². The largest absolute Gasteiger partial charge is 0.508 e. The summed E-state index contributed by atoms with van der Waals surface area (Å²) in [4.78, 5) is 0. The van der Waals surface area contributed by atoms with E-state index in [-0.39, 0.29) is 5.76 Å². The first-order chi connectivity index (χ1) is 10.7. The minimum Gasteiger partial charge on any atom is -0.508 e. The molecule has 1 aliphatic carbocycles. The van der Waals surface area contributed by atoms with E-state index in [9.17, 15) is 5.11 Å². The van der Waals surface area contributed by atoms with Crippen molar-refractivity contribution >= 4 is 0 Å². The van der Waals surface area contributed by atoms with Gasteiger partial charge in [-0.1, -0.05) is 44.9 Å². The van der Waals surface area contributed by atoms with E-state index in [0.717, 1.165) is 17.9 Å². The monoisotopic (exact) mass is 318 g/mol. The normalized spacial score (nSPS) is 20.8. The second kappa shape index (κ2) is 8.76. The second-order valence-corrected chi connectivity index (χ2v) is 8.42. The molecule has 0 saturated heterocycles. The molecule has 0 aromatic carbocycles. The molecule has 1 saturated carbocycles. The Labute approximate surface area is 144 Å². The molecule has 1 fully saturated rings. The summed E-state index contributed by atoms with van der Waals surface area (Å²) in [5, 5.41) is 10.1. The van der Waals surface area contributed by atoms with E-state index >= 15 is 0 Å². The maximum absolute atomic E-state index is 10.1. The zero-order valence-electron chi connectivity index (χ0n) is 16.4. The van der Waals surface area contributed by atoms with Crippen LogP contribution in [0.15, 0.2) is 34.6 Å². The molecule has 0 heterocycles. The van der Waals surface area contributed by atoms with Crippen LogP contribution in [0.1, 0.15) is 92.9 Å². The van der Waals surface area contributed by atoms with Crippen LogP contribution in [0.5, 0.6) is 0 Å². The summed E-state index contributed by atoms with van der Waals surface area (Å²) in [6, 6.07) is 0. The fraction of sp³-hybridized carbons (Fsp3) is 0.727. The Morgan fingerprint density at radius 1 is 1.09 bits per heavy atom. The van der Waals surface area contributed by atoms with E-state index in [1.807, 2.05) is 0 Å².